The highest BCUT2D eigenvalue weighted by atomic mass is 16.3. The molecule has 9 rings (SSSR count). The van der Waals surface area contributed by atoms with Crippen molar-refractivity contribution in [1.29, 1.82) is 0 Å². The fourth-order valence-corrected chi connectivity index (χ4v) is 6.28. The van der Waals surface area contributed by atoms with Crippen LogP contribution in [0.4, 0.5) is 0 Å². The maximum atomic E-state index is 6.26. The molecule has 0 amide bonds. The topological polar surface area (TPSA) is 51.8 Å². The number of hydrogen-bond donors (Lipinski definition) is 0. The lowest BCUT2D eigenvalue weighted by Crippen LogP contribution is -1.95. The Kier molecular flexibility index (Phi) is 5.16. The summed E-state index contributed by atoms with van der Waals surface area (Å²) in [6.07, 6.45) is 0. The number of nitrogens with zero attached hydrogens (tertiary/aromatic N) is 3. The van der Waals surface area contributed by atoms with Crippen molar-refractivity contribution < 1.29 is 4.42 Å². The smallest absolute Gasteiger partial charge is 0.160 e. The van der Waals surface area contributed by atoms with Gasteiger partial charge in [-0.25, -0.2) is 15.0 Å². The molecule has 0 atom stereocenters. The van der Waals surface area contributed by atoms with Crippen LogP contribution in [0.25, 0.3) is 88.4 Å². The monoisotopic (exact) mass is 549 g/mol. The van der Waals surface area contributed by atoms with E-state index in [9.17, 15) is 0 Å². The highest BCUT2D eigenvalue weighted by Crippen LogP contribution is 2.41. The second kappa shape index (κ2) is 9.33. The van der Waals surface area contributed by atoms with Crippen LogP contribution < -0.4 is 0 Å². The van der Waals surface area contributed by atoms with Gasteiger partial charge in [-0.15, -0.1) is 0 Å². The Morgan fingerprint density at radius 3 is 1.72 bits per heavy atom. The highest BCUT2D eigenvalue weighted by Gasteiger charge is 2.18. The van der Waals surface area contributed by atoms with Crippen LogP contribution in [-0.4, -0.2) is 15.0 Å². The number of para-hydroxylation sites is 3. The second-order valence-corrected chi connectivity index (χ2v) is 10.8. The van der Waals surface area contributed by atoms with Crippen LogP contribution in [0, 0.1) is 0 Å². The molecule has 0 aliphatic carbocycles. The largest absolute Gasteiger partial charge is 0.456 e. The molecule has 200 valence electrons. The van der Waals surface area contributed by atoms with Gasteiger partial charge in [0.2, 0.25) is 0 Å². The molecule has 0 spiro atoms. The summed E-state index contributed by atoms with van der Waals surface area (Å²) in [4.78, 5) is 15.1. The van der Waals surface area contributed by atoms with Crippen molar-refractivity contribution in [2.24, 2.45) is 0 Å². The molecule has 3 heterocycles. The number of furan rings is 1. The molecule has 0 saturated heterocycles. The molecule has 0 radical (unpaired) electrons. The molecule has 0 saturated carbocycles. The van der Waals surface area contributed by atoms with Gasteiger partial charge in [0.15, 0.2) is 5.82 Å². The summed E-state index contributed by atoms with van der Waals surface area (Å²) in [5, 5.41) is 6.66. The van der Waals surface area contributed by atoms with Crippen molar-refractivity contribution >= 4 is 54.5 Å². The van der Waals surface area contributed by atoms with E-state index in [2.05, 4.69) is 72.8 Å². The number of fused-ring (bicyclic) bond motifs is 8. The lowest BCUT2D eigenvalue weighted by molar-refractivity contribution is 0.669. The zero-order chi connectivity index (χ0) is 28.3. The third-order valence-corrected chi connectivity index (χ3v) is 8.27. The molecule has 0 bridgehead atoms. The van der Waals surface area contributed by atoms with Crippen LogP contribution in [0.15, 0.2) is 144 Å². The quantitative estimate of drug-likeness (QED) is 0.206. The summed E-state index contributed by atoms with van der Waals surface area (Å²) in [5.41, 5.74) is 8.61. The van der Waals surface area contributed by atoms with Crippen LogP contribution >= 0.6 is 0 Å². The molecule has 0 aliphatic rings. The van der Waals surface area contributed by atoms with Gasteiger partial charge in [-0.2, -0.15) is 0 Å². The molecule has 3 aromatic heterocycles. The van der Waals surface area contributed by atoms with E-state index in [1.807, 2.05) is 66.7 Å². The number of rotatable bonds is 3. The van der Waals surface area contributed by atoms with Crippen molar-refractivity contribution in [2.45, 2.75) is 0 Å². The van der Waals surface area contributed by atoms with Crippen LogP contribution in [0.3, 0.4) is 0 Å². The molecular weight excluding hydrogens is 526 g/mol. The van der Waals surface area contributed by atoms with Crippen molar-refractivity contribution in [3.63, 3.8) is 0 Å². The van der Waals surface area contributed by atoms with Gasteiger partial charge in [-0.05, 0) is 30.3 Å². The van der Waals surface area contributed by atoms with E-state index in [1.165, 1.54) is 5.39 Å². The Hall–Kier alpha value is -5.87. The summed E-state index contributed by atoms with van der Waals surface area (Å²) in [5.74, 6) is 0.719. The fourth-order valence-electron chi connectivity index (χ4n) is 6.28. The van der Waals surface area contributed by atoms with Crippen LogP contribution in [0.2, 0.25) is 0 Å². The molecule has 0 aliphatic heterocycles. The first-order valence-corrected chi connectivity index (χ1v) is 14.4. The molecule has 4 heteroatoms. The Bertz CT molecular complexity index is 2500. The lowest BCUT2D eigenvalue weighted by Gasteiger charge is -2.12. The Morgan fingerprint density at radius 2 is 0.953 bits per heavy atom. The number of hydrogen-bond acceptors (Lipinski definition) is 4. The van der Waals surface area contributed by atoms with Gasteiger partial charge in [0.25, 0.3) is 0 Å². The van der Waals surface area contributed by atoms with Crippen LogP contribution in [0.5, 0.6) is 0 Å². The van der Waals surface area contributed by atoms with Crippen LogP contribution in [-0.2, 0) is 0 Å². The van der Waals surface area contributed by atoms with Crippen molar-refractivity contribution in [3.05, 3.63) is 140 Å². The molecule has 43 heavy (non-hydrogen) atoms. The average molecular weight is 550 g/mol. The minimum atomic E-state index is 0.719. The Morgan fingerprint density at radius 1 is 0.349 bits per heavy atom. The molecule has 6 aromatic carbocycles. The first kappa shape index (κ1) is 23.8. The standard InChI is InChI=1S/C39H23N3O/c1-2-10-26(11-3-1)39-41-32-16-8-5-13-28(32)37(42-39)24-18-20-25(21-19-24)38-30-22-23-34-36(29-14-6-9-17-33(29)43-34)35(30)27-12-4-7-15-31(27)40-38/h1-23H. The van der Waals surface area contributed by atoms with Gasteiger partial charge in [-0.3, -0.25) is 0 Å². The first-order chi connectivity index (χ1) is 21.3. The van der Waals surface area contributed by atoms with Gasteiger partial charge in [0.1, 0.15) is 11.2 Å². The molecular formula is C39H23N3O. The van der Waals surface area contributed by atoms with E-state index in [0.29, 0.717) is 0 Å². The predicted octanol–water partition coefficient (Wildman–Crippen LogP) is 10.2. The van der Waals surface area contributed by atoms with E-state index in [-0.39, 0.29) is 0 Å². The second-order valence-electron chi connectivity index (χ2n) is 10.8. The normalized spacial score (nSPS) is 11.7. The van der Waals surface area contributed by atoms with Crippen molar-refractivity contribution in [1.82, 2.24) is 15.0 Å². The van der Waals surface area contributed by atoms with E-state index in [0.717, 1.165) is 83.0 Å². The minimum absolute atomic E-state index is 0.719. The predicted molar refractivity (Wildman–Crippen MR) is 176 cm³/mol. The molecule has 0 fully saturated rings. The summed E-state index contributed by atoms with van der Waals surface area (Å²) in [7, 11) is 0. The molecule has 9 aromatic rings. The van der Waals surface area contributed by atoms with Gasteiger partial charge in [-0.1, -0.05) is 109 Å². The molecule has 0 N–H and O–H groups in total. The third-order valence-electron chi connectivity index (χ3n) is 8.27. The van der Waals surface area contributed by atoms with Gasteiger partial charge >= 0.3 is 0 Å². The van der Waals surface area contributed by atoms with Crippen molar-refractivity contribution in [2.75, 3.05) is 0 Å². The maximum absolute atomic E-state index is 6.26. The summed E-state index contributed by atoms with van der Waals surface area (Å²) in [6, 6.07) is 47.8. The van der Waals surface area contributed by atoms with E-state index >= 15 is 0 Å². The van der Waals surface area contributed by atoms with Crippen molar-refractivity contribution in [3.8, 4) is 33.9 Å². The van der Waals surface area contributed by atoms with Gasteiger partial charge < -0.3 is 4.42 Å². The zero-order valence-electron chi connectivity index (χ0n) is 23.0. The molecule has 0 unspecified atom stereocenters. The average Bonchev–Trinajstić information content (AvgIpc) is 3.47. The van der Waals surface area contributed by atoms with Gasteiger partial charge in [0, 0.05) is 49.0 Å². The summed E-state index contributed by atoms with van der Waals surface area (Å²) < 4.78 is 6.26. The summed E-state index contributed by atoms with van der Waals surface area (Å²) in [6.45, 7) is 0. The first-order valence-electron chi connectivity index (χ1n) is 14.4. The van der Waals surface area contributed by atoms with E-state index in [1.54, 1.807) is 0 Å². The number of benzene rings is 6. The number of pyridine rings is 1. The highest BCUT2D eigenvalue weighted by molar-refractivity contribution is 6.28. The fraction of sp³-hybridized carbons (Fsp3) is 0. The van der Waals surface area contributed by atoms with E-state index in [4.69, 9.17) is 19.4 Å². The Labute approximate surface area is 246 Å². The van der Waals surface area contributed by atoms with Crippen LogP contribution in [0.1, 0.15) is 0 Å². The van der Waals surface area contributed by atoms with E-state index < -0.39 is 0 Å². The lowest BCUT2D eigenvalue weighted by atomic mass is 9.95. The maximum Gasteiger partial charge on any atom is 0.160 e. The van der Waals surface area contributed by atoms with Gasteiger partial charge in [0.05, 0.1) is 22.4 Å². The number of aromatic nitrogens is 3. The SMILES string of the molecule is c1ccc(-c2nc(-c3ccc(-c4nc5ccccc5c5c4ccc4oc6ccccc6c45)cc3)c3ccccc3n2)cc1. The summed E-state index contributed by atoms with van der Waals surface area (Å²) >= 11 is 0. The zero-order valence-corrected chi connectivity index (χ0v) is 23.0. The third kappa shape index (κ3) is 3.74. The Balaban J connectivity index is 1.26. The minimum Gasteiger partial charge on any atom is -0.456 e. The molecule has 4 nitrogen and oxygen atoms in total.